The summed E-state index contributed by atoms with van der Waals surface area (Å²) in [6.45, 7) is 2.66. The van der Waals surface area contributed by atoms with Gasteiger partial charge in [-0.2, -0.15) is 0 Å². The largest absolute Gasteiger partial charge is 0.488 e. The second kappa shape index (κ2) is 7.98. The molecule has 0 aliphatic rings. The van der Waals surface area contributed by atoms with Crippen molar-refractivity contribution in [2.45, 2.75) is 13.5 Å². The Morgan fingerprint density at radius 1 is 0.917 bits per heavy atom. The lowest BCUT2D eigenvalue weighted by Crippen LogP contribution is -1.99. The van der Waals surface area contributed by atoms with Crippen LogP contribution >= 0.6 is 15.9 Å². The molecule has 0 radical (unpaired) electrons. The maximum atomic E-state index is 6.12. The van der Waals surface area contributed by atoms with Crippen LogP contribution in [-0.4, -0.2) is 0 Å². The summed E-state index contributed by atoms with van der Waals surface area (Å²) >= 11 is 3.53. The van der Waals surface area contributed by atoms with E-state index in [0.29, 0.717) is 6.61 Å². The number of hydrogen-bond acceptors (Lipinski definition) is 1. The molecule has 3 aromatic carbocycles. The highest BCUT2D eigenvalue weighted by atomic mass is 79.9. The molecule has 0 N–H and O–H groups in total. The third kappa shape index (κ3) is 3.95. The van der Waals surface area contributed by atoms with E-state index < -0.39 is 0 Å². The fraction of sp³-hybridized carbons (Fsp3) is 0.0909. The summed E-state index contributed by atoms with van der Waals surface area (Å²) in [5.74, 6) is 0.888. The summed E-state index contributed by atoms with van der Waals surface area (Å²) in [7, 11) is 0. The number of halogens is 1. The predicted octanol–water partition coefficient (Wildman–Crippen LogP) is 6.36. The predicted molar refractivity (Wildman–Crippen MR) is 104 cm³/mol. The third-order valence-electron chi connectivity index (χ3n) is 3.86. The molecule has 1 nitrogen and oxygen atoms in total. The summed E-state index contributed by atoms with van der Waals surface area (Å²) < 4.78 is 6.12. The van der Waals surface area contributed by atoms with Crippen LogP contribution in [0.4, 0.5) is 0 Å². The van der Waals surface area contributed by atoms with Crippen LogP contribution in [0.1, 0.15) is 22.3 Å². The van der Waals surface area contributed by atoms with Crippen LogP contribution in [0.3, 0.4) is 0 Å². The smallest absolute Gasteiger partial charge is 0.127 e. The minimum absolute atomic E-state index is 0.557. The maximum Gasteiger partial charge on any atom is 0.127 e. The lowest BCUT2D eigenvalue weighted by atomic mass is 9.97. The van der Waals surface area contributed by atoms with Gasteiger partial charge in [0.15, 0.2) is 0 Å². The third-order valence-corrected chi connectivity index (χ3v) is 4.31. The SMILES string of the molecule is Cc1ccc(OCc2ccccc2)c(/C(=C/Br)c2ccccc2)c1. The summed E-state index contributed by atoms with van der Waals surface area (Å²) in [6.07, 6.45) is 0. The first kappa shape index (κ1) is 16.5. The van der Waals surface area contributed by atoms with Crippen molar-refractivity contribution in [3.8, 4) is 5.75 Å². The number of benzene rings is 3. The van der Waals surface area contributed by atoms with Gasteiger partial charge in [-0.25, -0.2) is 0 Å². The molecule has 3 rings (SSSR count). The summed E-state index contributed by atoms with van der Waals surface area (Å²) in [6, 6.07) is 26.9. The molecule has 0 atom stereocenters. The molecule has 0 spiro atoms. The monoisotopic (exact) mass is 378 g/mol. The van der Waals surface area contributed by atoms with E-state index in [1.54, 1.807) is 0 Å². The number of hydrogen-bond donors (Lipinski definition) is 0. The molecule has 0 heterocycles. The maximum absolute atomic E-state index is 6.12. The van der Waals surface area contributed by atoms with Gasteiger partial charge in [0.1, 0.15) is 12.4 Å². The van der Waals surface area contributed by atoms with Crippen molar-refractivity contribution in [1.82, 2.24) is 0 Å². The lowest BCUT2D eigenvalue weighted by Gasteiger charge is -2.15. The van der Waals surface area contributed by atoms with Gasteiger partial charge in [0.25, 0.3) is 0 Å². The second-order valence-corrected chi connectivity index (χ2v) is 6.12. The Morgan fingerprint density at radius 2 is 1.58 bits per heavy atom. The second-order valence-electron chi connectivity index (χ2n) is 5.66. The zero-order chi connectivity index (χ0) is 16.8. The van der Waals surface area contributed by atoms with Crippen LogP contribution in [0.2, 0.25) is 0 Å². The number of rotatable bonds is 5. The standard InChI is InChI=1S/C22H19BrO/c1-17-12-13-22(24-16-18-8-4-2-5-9-18)20(14-17)21(15-23)19-10-6-3-7-11-19/h2-15H,16H2,1H3/b21-15+. The Labute approximate surface area is 151 Å². The molecule has 0 bridgehead atoms. The van der Waals surface area contributed by atoms with E-state index in [1.807, 2.05) is 47.4 Å². The van der Waals surface area contributed by atoms with Crippen LogP contribution in [-0.2, 0) is 6.61 Å². The van der Waals surface area contributed by atoms with Crippen molar-refractivity contribution in [2.75, 3.05) is 0 Å². The van der Waals surface area contributed by atoms with Crippen molar-refractivity contribution in [1.29, 1.82) is 0 Å². The minimum atomic E-state index is 0.557. The van der Waals surface area contributed by atoms with Crippen LogP contribution in [0, 0.1) is 6.92 Å². The molecule has 0 aromatic heterocycles. The van der Waals surface area contributed by atoms with Gasteiger partial charge in [0, 0.05) is 5.56 Å². The summed E-state index contributed by atoms with van der Waals surface area (Å²) in [5.41, 5.74) is 5.73. The first-order valence-corrected chi connectivity index (χ1v) is 8.83. The molecule has 0 saturated carbocycles. The Hall–Kier alpha value is -2.32. The molecule has 2 heteroatoms. The van der Waals surface area contributed by atoms with Gasteiger partial charge in [-0.05, 0) is 40.7 Å². The molecular formula is C22H19BrO. The first-order valence-electron chi connectivity index (χ1n) is 7.91. The van der Waals surface area contributed by atoms with E-state index in [-0.39, 0.29) is 0 Å². The van der Waals surface area contributed by atoms with Gasteiger partial charge in [0.05, 0.1) is 0 Å². The van der Waals surface area contributed by atoms with Gasteiger partial charge in [0.2, 0.25) is 0 Å². The van der Waals surface area contributed by atoms with Crippen LogP contribution in [0.5, 0.6) is 5.75 Å². The highest BCUT2D eigenvalue weighted by Gasteiger charge is 2.11. The Kier molecular flexibility index (Phi) is 5.50. The van der Waals surface area contributed by atoms with Crippen molar-refractivity contribution < 1.29 is 4.74 Å². The normalized spacial score (nSPS) is 11.3. The summed E-state index contributed by atoms with van der Waals surface area (Å²) in [4.78, 5) is 1.96. The van der Waals surface area contributed by atoms with E-state index in [2.05, 4.69) is 59.3 Å². The molecule has 0 unspecified atom stereocenters. The molecule has 0 aliphatic heterocycles. The zero-order valence-electron chi connectivity index (χ0n) is 13.6. The topological polar surface area (TPSA) is 9.23 Å². The van der Waals surface area contributed by atoms with Gasteiger partial charge in [-0.1, -0.05) is 88.2 Å². The highest BCUT2D eigenvalue weighted by molar-refractivity contribution is 9.11. The number of ether oxygens (including phenoxy) is 1. The van der Waals surface area contributed by atoms with E-state index in [1.165, 1.54) is 5.56 Å². The molecule has 0 amide bonds. The van der Waals surface area contributed by atoms with E-state index in [4.69, 9.17) is 4.74 Å². The Balaban J connectivity index is 1.93. The Bertz CT molecular complexity index is 823. The van der Waals surface area contributed by atoms with E-state index in [0.717, 1.165) is 28.0 Å². The van der Waals surface area contributed by atoms with Gasteiger partial charge in [-0.3, -0.25) is 0 Å². The quantitative estimate of drug-likeness (QED) is 0.501. The average molecular weight is 379 g/mol. The van der Waals surface area contributed by atoms with Crippen LogP contribution < -0.4 is 4.74 Å². The van der Waals surface area contributed by atoms with Crippen molar-refractivity contribution >= 4 is 21.5 Å². The fourth-order valence-corrected chi connectivity index (χ4v) is 3.12. The van der Waals surface area contributed by atoms with Crippen molar-refractivity contribution in [3.63, 3.8) is 0 Å². The average Bonchev–Trinajstić information content (AvgIpc) is 2.63. The molecule has 24 heavy (non-hydrogen) atoms. The van der Waals surface area contributed by atoms with Gasteiger partial charge >= 0.3 is 0 Å². The Morgan fingerprint density at radius 3 is 2.25 bits per heavy atom. The van der Waals surface area contributed by atoms with Crippen molar-refractivity contribution in [2.24, 2.45) is 0 Å². The molecule has 120 valence electrons. The van der Waals surface area contributed by atoms with Crippen molar-refractivity contribution in [3.05, 3.63) is 106 Å². The van der Waals surface area contributed by atoms with Gasteiger partial charge in [-0.15, -0.1) is 0 Å². The lowest BCUT2D eigenvalue weighted by molar-refractivity contribution is 0.305. The molecule has 0 saturated heterocycles. The number of aryl methyl sites for hydroxylation is 1. The first-order chi connectivity index (χ1) is 11.8. The molecule has 0 aliphatic carbocycles. The van der Waals surface area contributed by atoms with E-state index >= 15 is 0 Å². The minimum Gasteiger partial charge on any atom is -0.488 e. The zero-order valence-corrected chi connectivity index (χ0v) is 15.2. The molecular weight excluding hydrogens is 360 g/mol. The molecule has 3 aromatic rings. The van der Waals surface area contributed by atoms with Crippen LogP contribution in [0.25, 0.3) is 5.57 Å². The fourth-order valence-electron chi connectivity index (χ4n) is 2.61. The van der Waals surface area contributed by atoms with Gasteiger partial charge < -0.3 is 4.74 Å². The highest BCUT2D eigenvalue weighted by Crippen LogP contribution is 2.33. The summed E-state index contributed by atoms with van der Waals surface area (Å²) in [5, 5.41) is 0. The van der Waals surface area contributed by atoms with E-state index in [9.17, 15) is 0 Å². The van der Waals surface area contributed by atoms with Crippen LogP contribution in [0.15, 0.2) is 83.8 Å². The molecule has 0 fully saturated rings.